The molecular formula is C19H11ClN2O2S. The van der Waals surface area contributed by atoms with Gasteiger partial charge in [-0.3, -0.25) is 4.79 Å². The predicted molar refractivity (Wildman–Crippen MR) is 97.9 cm³/mol. The number of aromatic nitrogens is 1. The van der Waals surface area contributed by atoms with Gasteiger partial charge in [-0.05, 0) is 30.3 Å². The average molecular weight is 367 g/mol. The molecule has 0 saturated heterocycles. The maximum Gasteiger partial charge on any atom is 0.186 e. The zero-order chi connectivity index (χ0) is 17.4. The van der Waals surface area contributed by atoms with Gasteiger partial charge >= 0.3 is 0 Å². The Labute approximate surface area is 152 Å². The van der Waals surface area contributed by atoms with Gasteiger partial charge in [0.05, 0.1) is 16.3 Å². The standard InChI is InChI=1S/C19H11ClN2O2S/c20-13-5-6-17-15(8-13)22-19(25-17)14(9-21)18(23)12-7-11-3-1-2-4-16(11)24-10-12/h1-8,14H,10H2/t14-/m1/s1. The highest BCUT2D eigenvalue weighted by Gasteiger charge is 2.29. The first-order chi connectivity index (χ1) is 12.2. The molecule has 6 heteroatoms. The molecule has 1 atom stereocenters. The number of carbonyl (C=O) groups excluding carboxylic acids is 1. The fraction of sp³-hybridized carbons (Fsp3) is 0.105. The molecule has 0 radical (unpaired) electrons. The van der Waals surface area contributed by atoms with Crippen LogP contribution in [0.3, 0.4) is 0 Å². The van der Waals surface area contributed by atoms with Crippen molar-refractivity contribution in [3.8, 4) is 11.8 Å². The van der Waals surface area contributed by atoms with Crippen LogP contribution in [-0.2, 0) is 4.79 Å². The lowest BCUT2D eigenvalue weighted by molar-refractivity contribution is -0.116. The van der Waals surface area contributed by atoms with E-state index in [1.54, 1.807) is 18.2 Å². The van der Waals surface area contributed by atoms with E-state index in [1.165, 1.54) is 11.3 Å². The third-order valence-electron chi connectivity index (χ3n) is 3.95. The molecule has 0 amide bonds. The summed E-state index contributed by atoms with van der Waals surface area (Å²) >= 11 is 7.32. The molecule has 0 aliphatic carbocycles. The minimum atomic E-state index is -0.948. The van der Waals surface area contributed by atoms with Crippen LogP contribution < -0.4 is 4.74 Å². The second-order valence-corrected chi connectivity index (χ2v) is 7.09. The van der Waals surface area contributed by atoms with Crippen LogP contribution >= 0.6 is 22.9 Å². The van der Waals surface area contributed by atoms with Crippen molar-refractivity contribution in [3.63, 3.8) is 0 Å². The molecule has 4 rings (SSSR count). The van der Waals surface area contributed by atoms with Crippen LogP contribution in [0.5, 0.6) is 5.75 Å². The summed E-state index contributed by atoms with van der Waals surface area (Å²) in [7, 11) is 0. The Balaban J connectivity index is 1.70. The Morgan fingerprint density at radius 2 is 2.16 bits per heavy atom. The number of halogens is 1. The minimum Gasteiger partial charge on any atom is -0.488 e. The van der Waals surface area contributed by atoms with Crippen LogP contribution in [0.2, 0.25) is 5.02 Å². The van der Waals surface area contributed by atoms with Crippen molar-refractivity contribution in [2.24, 2.45) is 0 Å². The normalized spacial score (nSPS) is 14.2. The Morgan fingerprint density at radius 3 is 3.00 bits per heavy atom. The molecule has 25 heavy (non-hydrogen) atoms. The average Bonchev–Trinajstić information content (AvgIpc) is 3.04. The van der Waals surface area contributed by atoms with E-state index >= 15 is 0 Å². The molecule has 2 heterocycles. The maximum absolute atomic E-state index is 12.9. The summed E-state index contributed by atoms with van der Waals surface area (Å²) in [5.74, 6) is -0.486. The van der Waals surface area contributed by atoms with Crippen LogP contribution in [0.4, 0.5) is 0 Å². The van der Waals surface area contributed by atoms with Crippen molar-refractivity contribution in [3.05, 3.63) is 63.6 Å². The van der Waals surface area contributed by atoms with Crippen molar-refractivity contribution in [1.29, 1.82) is 5.26 Å². The number of carbonyl (C=O) groups is 1. The number of benzene rings is 2. The molecule has 4 nitrogen and oxygen atoms in total. The number of thiazole rings is 1. The van der Waals surface area contributed by atoms with Gasteiger partial charge in [0, 0.05) is 16.2 Å². The van der Waals surface area contributed by atoms with Gasteiger partial charge in [-0.25, -0.2) is 4.98 Å². The maximum atomic E-state index is 12.9. The third-order valence-corrected chi connectivity index (χ3v) is 5.29. The van der Waals surface area contributed by atoms with Crippen LogP contribution in [0.15, 0.2) is 48.0 Å². The molecule has 1 aliphatic rings. The molecule has 1 aliphatic heterocycles. The molecule has 0 N–H and O–H groups in total. The topological polar surface area (TPSA) is 63.0 Å². The molecular weight excluding hydrogens is 356 g/mol. The zero-order valence-corrected chi connectivity index (χ0v) is 14.5. The summed E-state index contributed by atoms with van der Waals surface area (Å²) in [6.45, 7) is 0.157. The monoisotopic (exact) mass is 366 g/mol. The molecule has 0 spiro atoms. The summed E-state index contributed by atoms with van der Waals surface area (Å²) in [6, 6.07) is 14.9. The zero-order valence-electron chi connectivity index (χ0n) is 12.9. The smallest absolute Gasteiger partial charge is 0.186 e. The van der Waals surface area contributed by atoms with Crippen LogP contribution in [-0.4, -0.2) is 17.4 Å². The van der Waals surface area contributed by atoms with Gasteiger partial charge in [-0.1, -0.05) is 29.8 Å². The van der Waals surface area contributed by atoms with E-state index in [0.717, 1.165) is 16.0 Å². The Hall–Kier alpha value is -2.68. The fourth-order valence-corrected chi connectivity index (χ4v) is 3.87. The van der Waals surface area contributed by atoms with Gasteiger partial charge in [0.25, 0.3) is 0 Å². The number of ketones is 1. The van der Waals surface area contributed by atoms with E-state index in [1.807, 2.05) is 30.3 Å². The number of para-hydroxylation sites is 1. The first kappa shape index (κ1) is 15.8. The van der Waals surface area contributed by atoms with Gasteiger partial charge < -0.3 is 4.74 Å². The first-order valence-corrected chi connectivity index (χ1v) is 8.77. The molecule has 0 bridgehead atoms. The van der Waals surface area contributed by atoms with Gasteiger partial charge in [0.15, 0.2) is 11.7 Å². The van der Waals surface area contributed by atoms with Crippen LogP contribution in [0.1, 0.15) is 16.5 Å². The number of ether oxygens (including phenoxy) is 1. The molecule has 2 aromatic carbocycles. The highest BCUT2D eigenvalue weighted by molar-refractivity contribution is 7.18. The van der Waals surface area contributed by atoms with Crippen LogP contribution in [0.25, 0.3) is 16.3 Å². The van der Waals surface area contributed by atoms with E-state index in [2.05, 4.69) is 11.1 Å². The summed E-state index contributed by atoms with van der Waals surface area (Å²) < 4.78 is 6.52. The number of nitrogens with zero attached hydrogens (tertiary/aromatic N) is 2. The van der Waals surface area contributed by atoms with Gasteiger partial charge in [0.1, 0.15) is 17.4 Å². The van der Waals surface area contributed by atoms with Crippen molar-refractivity contribution >= 4 is 45.0 Å². The second kappa shape index (κ2) is 6.32. The highest BCUT2D eigenvalue weighted by Crippen LogP contribution is 2.33. The molecule has 0 fully saturated rings. The largest absolute Gasteiger partial charge is 0.488 e. The van der Waals surface area contributed by atoms with E-state index in [4.69, 9.17) is 16.3 Å². The van der Waals surface area contributed by atoms with Crippen LogP contribution in [0, 0.1) is 11.3 Å². The van der Waals surface area contributed by atoms with Gasteiger partial charge in [-0.15, -0.1) is 11.3 Å². The SMILES string of the molecule is N#C[C@H](C(=O)C1=Cc2ccccc2OC1)c1nc2cc(Cl)ccc2s1. The molecule has 3 aromatic rings. The third kappa shape index (κ3) is 2.91. The van der Waals surface area contributed by atoms with Crippen molar-refractivity contribution < 1.29 is 9.53 Å². The number of rotatable bonds is 3. The van der Waals surface area contributed by atoms with E-state index in [0.29, 0.717) is 21.1 Å². The Kier molecular flexibility index (Phi) is 4.00. The van der Waals surface area contributed by atoms with E-state index in [-0.39, 0.29) is 12.4 Å². The first-order valence-electron chi connectivity index (χ1n) is 7.58. The Bertz CT molecular complexity index is 1060. The number of hydrogen-bond acceptors (Lipinski definition) is 5. The van der Waals surface area contributed by atoms with Crippen molar-refractivity contribution in [2.75, 3.05) is 6.61 Å². The fourth-order valence-electron chi connectivity index (χ4n) is 2.71. The van der Waals surface area contributed by atoms with Crippen molar-refractivity contribution in [2.45, 2.75) is 5.92 Å². The molecule has 122 valence electrons. The minimum absolute atomic E-state index is 0.157. The molecule has 0 saturated carbocycles. The summed E-state index contributed by atoms with van der Waals surface area (Å²) in [5, 5.41) is 10.6. The van der Waals surface area contributed by atoms with Gasteiger partial charge in [0.2, 0.25) is 0 Å². The second-order valence-electron chi connectivity index (χ2n) is 5.59. The van der Waals surface area contributed by atoms with Gasteiger partial charge in [-0.2, -0.15) is 5.26 Å². The summed E-state index contributed by atoms with van der Waals surface area (Å²) in [5.41, 5.74) is 2.01. The van der Waals surface area contributed by atoms with E-state index < -0.39 is 5.92 Å². The lowest BCUT2D eigenvalue weighted by Gasteiger charge is -2.18. The predicted octanol–water partition coefficient (Wildman–Crippen LogP) is 4.60. The quantitative estimate of drug-likeness (QED) is 0.679. The molecule has 1 aromatic heterocycles. The van der Waals surface area contributed by atoms with E-state index in [9.17, 15) is 10.1 Å². The Morgan fingerprint density at radius 1 is 1.32 bits per heavy atom. The number of Topliss-reactive ketones (excluding diaryl/α,β-unsaturated/α-hetero) is 1. The summed E-state index contributed by atoms with van der Waals surface area (Å²) in [4.78, 5) is 17.3. The highest BCUT2D eigenvalue weighted by atomic mass is 35.5. The summed E-state index contributed by atoms with van der Waals surface area (Å²) in [6.07, 6.45) is 1.79. The lowest BCUT2D eigenvalue weighted by atomic mass is 9.96. The lowest BCUT2D eigenvalue weighted by Crippen LogP contribution is -2.20. The number of hydrogen-bond donors (Lipinski definition) is 0. The van der Waals surface area contributed by atoms with Crippen molar-refractivity contribution in [1.82, 2.24) is 4.98 Å². The number of fused-ring (bicyclic) bond motifs is 2. The molecule has 0 unspecified atom stereocenters. The number of nitriles is 1.